The molecule has 1 fully saturated rings. The van der Waals surface area contributed by atoms with Gasteiger partial charge >= 0.3 is 0 Å². The highest BCUT2D eigenvalue weighted by molar-refractivity contribution is 7.88. The van der Waals surface area contributed by atoms with Crippen molar-refractivity contribution in [1.82, 2.24) is 14.6 Å². The first-order chi connectivity index (χ1) is 9.35. The summed E-state index contributed by atoms with van der Waals surface area (Å²) >= 11 is 1.24. The third kappa shape index (κ3) is 4.15. The number of nitrogens with zero attached hydrogens (tertiary/aromatic N) is 2. The summed E-state index contributed by atoms with van der Waals surface area (Å²) < 4.78 is 24.7. The van der Waals surface area contributed by atoms with Crippen molar-refractivity contribution in [3.63, 3.8) is 0 Å². The Morgan fingerprint density at radius 1 is 1.65 bits per heavy atom. The Morgan fingerprint density at radius 3 is 3.00 bits per heavy atom. The number of hydrogen-bond acceptors (Lipinski definition) is 6. The Morgan fingerprint density at radius 2 is 2.40 bits per heavy atom. The van der Waals surface area contributed by atoms with Crippen molar-refractivity contribution in [2.24, 2.45) is 5.92 Å². The number of nitrogen functional groups attached to an aromatic ring is 1. The van der Waals surface area contributed by atoms with Crippen LogP contribution in [0.1, 0.15) is 23.3 Å². The number of carbonyl (C=O) groups is 1. The number of anilines is 1. The van der Waals surface area contributed by atoms with Crippen molar-refractivity contribution in [2.75, 3.05) is 31.6 Å². The summed E-state index contributed by atoms with van der Waals surface area (Å²) in [5.74, 6) is 0.000383. The number of rotatable bonds is 4. The molecule has 3 N–H and O–H groups in total. The number of sulfonamides is 1. The number of aromatic nitrogens is 1. The van der Waals surface area contributed by atoms with E-state index in [1.807, 2.05) is 0 Å². The fraction of sp³-hybridized carbons (Fsp3) is 0.636. The topological polar surface area (TPSA) is 105 Å². The van der Waals surface area contributed by atoms with E-state index in [-0.39, 0.29) is 11.8 Å². The second-order valence-electron chi connectivity index (χ2n) is 4.95. The summed E-state index contributed by atoms with van der Waals surface area (Å²) in [7, 11) is -3.19. The summed E-state index contributed by atoms with van der Waals surface area (Å²) in [5, 5.41) is 2.02. The largest absolute Gasteiger partial charge is 0.375 e. The molecule has 1 unspecified atom stereocenters. The first-order valence-corrected chi connectivity index (χ1v) is 9.07. The Labute approximate surface area is 122 Å². The molecular weight excluding hydrogens is 300 g/mol. The van der Waals surface area contributed by atoms with Crippen molar-refractivity contribution >= 4 is 32.4 Å². The normalized spacial score (nSPS) is 20.1. The van der Waals surface area contributed by atoms with E-state index in [1.54, 1.807) is 10.3 Å². The van der Waals surface area contributed by atoms with Crippen LogP contribution in [-0.2, 0) is 10.0 Å². The number of thiazole rings is 1. The smallest absolute Gasteiger partial charge is 0.273 e. The molecule has 0 saturated carbocycles. The van der Waals surface area contributed by atoms with Gasteiger partial charge in [-0.2, -0.15) is 0 Å². The molecule has 7 nitrogen and oxygen atoms in total. The lowest BCUT2D eigenvalue weighted by Gasteiger charge is -2.32. The molecule has 0 aromatic carbocycles. The fourth-order valence-electron chi connectivity index (χ4n) is 2.23. The van der Waals surface area contributed by atoms with Crippen LogP contribution in [0.4, 0.5) is 5.13 Å². The van der Waals surface area contributed by atoms with Gasteiger partial charge in [0.1, 0.15) is 5.69 Å². The number of hydrogen-bond donors (Lipinski definition) is 2. The van der Waals surface area contributed by atoms with E-state index >= 15 is 0 Å². The average molecular weight is 318 g/mol. The van der Waals surface area contributed by atoms with Crippen molar-refractivity contribution < 1.29 is 13.2 Å². The van der Waals surface area contributed by atoms with Crippen molar-refractivity contribution in [3.8, 4) is 0 Å². The van der Waals surface area contributed by atoms with Crippen LogP contribution in [0.2, 0.25) is 0 Å². The first-order valence-electron chi connectivity index (χ1n) is 6.30. The van der Waals surface area contributed by atoms with Gasteiger partial charge in [0.25, 0.3) is 5.91 Å². The van der Waals surface area contributed by atoms with Gasteiger partial charge in [-0.3, -0.25) is 4.79 Å². The Balaban J connectivity index is 1.94. The maximum atomic E-state index is 12.2. The predicted octanol–water partition coefficient (Wildman–Crippen LogP) is 0.127. The molecule has 1 saturated heterocycles. The van der Waals surface area contributed by atoms with Crippen LogP contribution in [0, 0.1) is 5.92 Å². The van der Waals surface area contributed by atoms with Gasteiger partial charge in [-0.1, -0.05) is 0 Å². The molecule has 1 aliphatic heterocycles. The quantitative estimate of drug-likeness (QED) is 0.820. The van der Waals surface area contributed by atoms with Crippen LogP contribution in [0.3, 0.4) is 0 Å². The molecule has 0 radical (unpaired) electrons. The van der Waals surface area contributed by atoms with E-state index in [2.05, 4.69) is 9.71 Å². The third-order valence-electron chi connectivity index (χ3n) is 3.18. The van der Waals surface area contributed by atoms with Gasteiger partial charge in [0.15, 0.2) is 5.13 Å². The number of amides is 1. The second-order valence-corrected chi connectivity index (χ2v) is 7.67. The number of nitrogens with two attached hydrogens (primary N) is 1. The Kier molecular flexibility index (Phi) is 4.61. The van der Waals surface area contributed by atoms with E-state index < -0.39 is 10.0 Å². The SMILES string of the molecule is CS(=O)(=O)NCC1CCCN(C(=O)c2csc(N)n2)C1. The minimum Gasteiger partial charge on any atom is -0.375 e. The zero-order chi connectivity index (χ0) is 14.8. The van der Waals surface area contributed by atoms with Crippen LogP contribution in [0.5, 0.6) is 0 Å². The Bertz CT molecular complexity index is 584. The molecule has 0 spiro atoms. The monoisotopic (exact) mass is 318 g/mol. The van der Waals surface area contributed by atoms with Gasteiger partial charge in [-0.25, -0.2) is 18.1 Å². The number of likely N-dealkylation sites (tertiary alicyclic amines) is 1. The van der Waals surface area contributed by atoms with Crippen LogP contribution in [-0.4, -0.2) is 50.1 Å². The van der Waals surface area contributed by atoms with E-state index in [0.29, 0.717) is 30.5 Å². The second kappa shape index (κ2) is 6.06. The first kappa shape index (κ1) is 15.2. The van der Waals surface area contributed by atoms with Crippen LogP contribution in [0.25, 0.3) is 0 Å². The van der Waals surface area contributed by atoms with Gasteiger partial charge in [0.2, 0.25) is 10.0 Å². The molecule has 1 aromatic rings. The summed E-state index contributed by atoms with van der Waals surface area (Å²) in [6.45, 7) is 1.58. The van der Waals surface area contributed by atoms with Gasteiger partial charge in [0, 0.05) is 25.0 Å². The summed E-state index contributed by atoms with van der Waals surface area (Å²) in [6.07, 6.45) is 2.91. The lowest BCUT2D eigenvalue weighted by molar-refractivity contribution is 0.0671. The highest BCUT2D eigenvalue weighted by atomic mass is 32.2. The number of nitrogens with one attached hydrogen (secondary N) is 1. The lowest BCUT2D eigenvalue weighted by atomic mass is 9.98. The highest BCUT2D eigenvalue weighted by Gasteiger charge is 2.26. The molecule has 1 aromatic heterocycles. The summed E-state index contributed by atoms with van der Waals surface area (Å²) in [5.41, 5.74) is 5.89. The van der Waals surface area contributed by atoms with Crippen LogP contribution < -0.4 is 10.5 Å². The van der Waals surface area contributed by atoms with E-state index in [0.717, 1.165) is 19.1 Å². The molecule has 2 rings (SSSR count). The van der Waals surface area contributed by atoms with E-state index in [1.165, 1.54) is 11.3 Å². The summed E-state index contributed by atoms with van der Waals surface area (Å²) in [4.78, 5) is 17.9. The standard InChI is InChI=1S/C11H18N4O3S2/c1-20(17,18)13-5-8-3-2-4-15(6-8)10(16)9-7-19-11(12)14-9/h7-8,13H,2-6H2,1H3,(H2,12,14). The van der Waals surface area contributed by atoms with Gasteiger partial charge in [-0.15, -0.1) is 11.3 Å². The van der Waals surface area contributed by atoms with Crippen LogP contribution in [0.15, 0.2) is 5.38 Å². The van der Waals surface area contributed by atoms with Crippen LogP contribution >= 0.6 is 11.3 Å². The molecule has 1 amide bonds. The molecule has 9 heteroatoms. The van der Waals surface area contributed by atoms with Gasteiger partial charge < -0.3 is 10.6 Å². The molecule has 1 atom stereocenters. The maximum Gasteiger partial charge on any atom is 0.273 e. The average Bonchev–Trinajstić information content (AvgIpc) is 2.82. The number of piperidine rings is 1. The fourth-order valence-corrected chi connectivity index (χ4v) is 3.31. The predicted molar refractivity (Wildman–Crippen MR) is 78.0 cm³/mol. The van der Waals surface area contributed by atoms with Crippen molar-refractivity contribution in [1.29, 1.82) is 0 Å². The van der Waals surface area contributed by atoms with E-state index in [4.69, 9.17) is 5.73 Å². The van der Waals surface area contributed by atoms with Gasteiger partial charge in [-0.05, 0) is 18.8 Å². The minimum absolute atomic E-state index is 0.137. The number of carbonyl (C=O) groups excluding carboxylic acids is 1. The van der Waals surface area contributed by atoms with Gasteiger partial charge in [0.05, 0.1) is 6.26 Å². The highest BCUT2D eigenvalue weighted by Crippen LogP contribution is 2.19. The third-order valence-corrected chi connectivity index (χ3v) is 4.55. The van der Waals surface area contributed by atoms with Crippen molar-refractivity contribution in [3.05, 3.63) is 11.1 Å². The molecule has 0 bridgehead atoms. The minimum atomic E-state index is -3.19. The molecule has 20 heavy (non-hydrogen) atoms. The van der Waals surface area contributed by atoms with E-state index in [9.17, 15) is 13.2 Å². The molecule has 2 heterocycles. The van der Waals surface area contributed by atoms with Crippen molar-refractivity contribution in [2.45, 2.75) is 12.8 Å². The zero-order valence-corrected chi connectivity index (χ0v) is 12.8. The maximum absolute atomic E-state index is 12.2. The lowest BCUT2D eigenvalue weighted by Crippen LogP contribution is -2.43. The molecule has 0 aliphatic carbocycles. The summed E-state index contributed by atoms with van der Waals surface area (Å²) in [6, 6.07) is 0. The Hall–Kier alpha value is -1.19. The molecular formula is C11H18N4O3S2. The molecule has 112 valence electrons. The zero-order valence-electron chi connectivity index (χ0n) is 11.2. The molecule has 1 aliphatic rings.